The van der Waals surface area contributed by atoms with Crippen LogP contribution in [0.5, 0.6) is 0 Å². The van der Waals surface area contributed by atoms with E-state index in [1.807, 2.05) is 26.0 Å². The first-order valence-corrected chi connectivity index (χ1v) is 3.51. The molecular formula is C8H14N2. The molecule has 1 rings (SSSR count). The highest BCUT2D eigenvalue weighted by Gasteiger charge is 2.16. The third-order valence-corrected chi connectivity index (χ3v) is 1.50. The van der Waals surface area contributed by atoms with Crippen LogP contribution in [0, 0.1) is 0 Å². The lowest BCUT2D eigenvalue weighted by Crippen LogP contribution is -2.41. The normalized spacial score (nSPS) is 18.1. The van der Waals surface area contributed by atoms with E-state index in [1.54, 1.807) is 0 Å². The smallest absolute Gasteiger partial charge is 0.0501 e. The highest BCUT2D eigenvalue weighted by atomic mass is 14.9. The third kappa shape index (κ3) is 1.61. The van der Waals surface area contributed by atoms with Crippen LogP contribution in [0.25, 0.3) is 0 Å². The van der Waals surface area contributed by atoms with Crippen molar-refractivity contribution in [3.8, 4) is 0 Å². The summed E-state index contributed by atoms with van der Waals surface area (Å²) in [6.45, 7) is 4.88. The van der Waals surface area contributed by atoms with Crippen molar-refractivity contribution < 1.29 is 0 Å². The van der Waals surface area contributed by atoms with Crippen LogP contribution in [-0.2, 0) is 0 Å². The number of nitrogens with two attached hydrogens (primary N) is 1. The van der Waals surface area contributed by atoms with Crippen LogP contribution < -0.4 is 11.1 Å². The molecule has 1 aliphatic heterocycles. The summed E-state index contributed by atoms with van der Waals surface area (Å²) in [5, 5.41) is 3.21. The minimum atomic E-state index is -0.231. The predicted molar refractivity (Wildman–Crippen MR) is 43.5 cm³/mol. The second-order valence-electron chi connectivity index (χ2n) is 3.11. The van der Waals surface area contributed by atoms with Crippen molar-refractivity contribution in [1.82, 2.24) is 5.32 Å². The summed E-state index contributed by atoms with van der Waals surface area (Å²) in [5.41, 5.74) is 6.72. The third-order valence-electron chi connectivity index (χ3n) is 1.50. The lowest BCUT2D eigenvalue weighted by atomic mass is 10.0. The van der Waals surface area contributed by atoms with E-state index in [-0.39, 0.29) is 5.54 Å². The Kier molecular flexibility index (Phi) is 1.81. The first-order chi connectivity index (χ1) is 4.61. The molecule has 0 atom stereocenters. The number of hydrogen-bond acceptors (Lipinski definition) is 2. The molecule has 0 fully saturated rings. The van der Waals surface area contributed by atoms with Gasteiger partial charge in [0.05, 0.1) is 5.54 Å². The van der Waals surface area contributed by atoms with Crippen LogP contribution in [0.2, 0.25) is 0 Å². The zero-order chi connectivity index (χ0) is 7.61. The minimum absolute atomic E-state index is 0.231. The van der Waals surface area contributed by atoms with Crippen LogP contribution in [0.1, 0.15) is 13.8 Å². The van der Waals surface area contributed by atoms with Gasteiger partial charge in [0.1, 0.15) is 0 Å². The average molecular weight is 138 g/mol. The van der Waals surface area contributed by atoms with Gasteiger partial charge in [-0.25, -0.2) is 0 Å². The Morgan fingerprint density at radius 2 is 2.30 bits per heavy atom. The molecule has 0 spiro atoms. The van der Waals surface area contributed by atoms with Crippen molar-refractivity contribution in [2.24, 2.45) is 5.73 Å². The first kappa shape index (κ1) is 7.35. The molecule has 3 N–H and O–H groups in total. The highest BCUT2D eigenvalue weighted by Crippen LogP contribution is 2.10. The fourth-order valence-electron chi connectivity index (χ4n) is 0.903. The van der Waals surface area contributed by atoms with Gasteiger partial charge in [0.2, 0.25) is 0 Å². The molecule has 0 aromatic heterocycles. The highest BCUT2D eigenvalue weighted by molar-refractivity contribution is 5.24. The van der Waals surface area contributed by atoms with Gasteiger partial charge in [0.15, 0.2) is 0 Å². The van der Waals surface area contributed by atoms with Gasteiger partial charge in [0, 0.05) is 12.2 Å². The maximum atomic E-state index is 5.85. The number of dihydropyridines is 1. The molecule has 2 nitrogen and oxygen atoms in total. The minimum Gasteiger partial charge on any atom is -0.383 e. The van der Waals surface area contributed by atoms with Crippen LogP contribution in [0.3, 0.4) is 0 Å². The van der Waals surface area contributed by atoms with Gasteiger partial charge in [-0.3, -0.25) is 0 Å². The first-order valence-electron chi connectivity index (χ1n) is 3.51. The summed E-state index contributed by atoms with van der Waals surface area (Å²) >= 11 is 0. The SMILES string of the molecule is CC(C)(N)C1=CC=CCN1. The van der Waals surface area contributed by atoms with Crippen molar-refractivity contribution in [3.05, 3.63) is 23.9 Å². The van der Waals surface area contributed by atoms with Gasteiger partial charge in [-0.1, -0.05) is 12.2 Å². The van der Waals surface area contributed by atoms with Crippen molar-refractivity contribution >= 4 is 0 Å². The Hall–Kier alpha value is -0.760. The molecule has 1 heterocycles. The fraction of sp³-hybridized carbons (Fsp3) is 0.500. The van der Waals surface area contributed by atoms with E-state index >= 15 is 0 Å². The van der Waals surface area contributed by atoms with Crippen LogP contribution >= 0.6 is 0 Å². The van der Waals surface area contributed by atoms with E-state index < -0.39 is 0 Å². The molecule has 0 radical (unpaired) electrons. The maximum Gasteiger partial charge on any atom is 0.0501 e. The summed E-state index contributed by atoms with van der Waals surface area (Å²) in [4.78, 5) is 0. The molecule has 56 valence electrons. The van der Waals surface area contributed by atoms with Crippen molar-refractivity contribution in [1.29, 1.82) is 0 Å². The van der Waals surface area contributed by atoms with Gasteiger partial charge < -0.3 is 11.1 Å². The zero-order valence-corrected chi connectivity index (χ0v) is 6.52. The lowest BCUT2D eigenvalue weighted by molar-refractivity contribution is 0.561. The van der Waals surface area contributed by atoms with Gasteiger partial charge >= 0.3 is 0 Å². The van der Waals surface area contributed by atoms with Crippen molar-refractivity contribution in [2.75, 3.05) is 6.54 Å². The van der Waals surface area contributed by atoms with Crippen molar-refractivity contribution in [3.63, 3.8) is 0 Å². The summed E-state index contributed by atoms with van der Waals surface area (Å²) in [6, 6.07) is 0. The van der Waals surface area contributed by atoms with E-state index in [0.29, 0.717) is 0 Å². The Balaban J connectivity index is 2.72. The molecule has 0 unspecified atom stereocenters. The number of rotatable bonds is 1. The molecule has 0 bridgehead atoms. The predicted octanol–water partition coefficient (Wildman–Crippen LogP) is 0.767. The Bertz CT molecular complexity index is 172. The van der Waals surface area contributed by atoms with Crippen LogP contribution in [-0.4, -0.2) is 12.1 Å². The summed E-state index contributed by atoms with van der Waals surface area (Å²) in [7, 11) is 0. The molecule has 0 saturated heterocycles. The topological polar surface area (TPSA) is 38.0 Å². The van der Waals surface area contributed by atoms with E-state index in [0.717, 1.165) is 12.2 Å². The van der Waals surface area contributed by atoms with E-state index in [4.69, 9.17) is 5.73 Å². The molecule has 0 aromatic carbocycles. The van der Waals surface area contributed by atoms with Gasteiger partial charge in [-0.15, -0.1) is 0 Å². The molecule has 0 aromatic rings. The number of hydrogen-bond donors (Lipinski definition) is 2. The largest absolute Gasteiger partial charge is 0.383 e. The summed E-state index contributed by atoms with van der Waals surface area (Å²) < 4.78 is 0. The number of allylic oxidation sites excluding steroid dienone is 2. The molecule has 1 aliphatic rings. The van der Waals surface area contributed by atoms with Crippen LogP contribution in [0.4, 0.5) is 0 Å². The fourth-order valence-corrected chi connectivity index (χ4v) is 0.903. The van der Waals surface area contributed by atoms with Crippen LogP contribution in [0.15, 0.2) is 23.9 Å². The molecule has 2 heteroatoms. The zero-order valence-electron chi connectivity index (χ0n) is 6.52. The van der Waals surface area contributed by atoms with E-state index in [1.165, 1.54) is 0 Å². The quantitative estimate of drug-likeness (QED) is 0.561. The molecule has 0 aliphatic carbocycles. The Morgan fingerprint density at radius 1 is 1.60 bits per heavy atom. The second kappa shape index (κ2) is 2.46. The maximum absolute atomic E-state index is 5.85. The van der Waals surface area contributed by atoms with Gasteiger partial charge in [-0.2, -0.15) is 0 Å². The molecule has 0 saturated carbocycles. The Morgan fingerprint density at radius 3 is 2.60 bits per heavy atom. The summed E-state index contributed by atoms with van der Waals surface area (Å²) in [6.07, 6.45) is 6.11. The van der Waals surface area contributed by atoms with E-state index in [2.05, 4.69) is 11.4 Å². The lowest BCUT2D eigenvalue weighted by Gasteiger charge is -2.25. The standard InChI is InChI=1S/C8H14N2/c1-8(2,9)7-5-3-4-6-10-7/h3-5,10H,6,9H2,1-2H3. The Labute approximate surface area is 61.8 Å². The monoisotopic (exact) mass is 138 g/mol. The summed E-state index contributed by atoms with van der Waals surface area (Å²) in [5.74, 6) is 0. The molecular weight excluding hydrogens is 124 g/mol. The second-order valence-corrected chi connectivity index (χ2v) is 3.11. The average Bonchev–Trinajstić information content (AvgIpc) is 1.88. The number of nitrogens with one attached hydrogen (secondary N) is 1. The van der Waals surface area contributed by atoms with E-state index in [9.17, 15) is 0 Å². The van der Waals surface area contributed by atoms with Gasteiger partial charge in [0.25, 0.3) is 0 Å². The molecule has 0 amide bonds. The van der Waals surface area contributed by atoms with Crippen molar-refractivity contribution in [2.45, 2.75) is 19.4 Å². The van der Waals surface area contributed by atoms with Gasteiger partial charge in [-0.05, 0) is 19.9 Å². The molecule has 10 heavy (non-hydrogen) atoms.